The van der Waals surface area contributed by atoms with Crippen molar-refractivity contribution in [3.05, 3.63) is 71.9 Å². The molecular weight excluding hydrogens is 244 g/mol. The third-order valence-corrected chi connectivity index (χ3v) is 3.78. The molecule has 3 aromatic rings. The molecule has 0 amide bonds. The molecule has 0 unspecified atom stereocenters. The SMILES string of the molecule is NCc1ccc2ccn(CCCc3ccccc3)c2c1. The standard InChI is InChI=1S/C18H20N2/c19-14-16-8-9-17-10-12-20(18(17)13-16)11-4-7-15-5-2-1-3-6-15/h1-3,5-6,8-10,12-13H,4,7,11,14,19H2. The van der Waals surface area contributed by atoms with Gasteiger partial charge in [-0.1, -0.05) is 42.5 Å². The second-order valence-electron chi connectivity index (χ2n) is 5.20. The van der Waals surface area contributed by atoms with Crippen LogP contribution in [0.2, 0.25) is 0 Å². The van der Waals surface area contributed by atoms with Gasteiger partial charge in [-0.3, -0.25) is 0 Å². The van der Waals surface area contributed by atoms with Gasteiger partial charge in [0.15, 0.2) is 0 Å². The molecule has 2 aromatic carbocycles. The molecule has 0 aliphatic rings. The van der Waals surface area contributed by atoms with Crippen molar-refractivity contribution in [1.29, 1.82) is 0 Å². The molecule has 2 nitrogen and oxygen atoms in total. The Labute approximate surface area is 119 Å². The maximum absolute atomic E-state index is 5.73. The summed E-state index contributed by atoms with van der Waals surface area (Å²) in [6, 6.07) is 19.3. The second-order valence-corrected chi connectivity index (χ2v) is 5.20. The van der Waals surface area contributed by atoms with E-state index >= 15 is 0 Å². The quantitative estimate of drug-likeness (QED) is 0.748. The monoisotopic (exact) mass is 264 g/mol. The number of aryl methyl sites for hydroxylation is 2. The van der Waals surface area contributed by atoms with Crippen LogP contribution in [0.1, 0.15) is 17.5 Å². The Hall–Kier alpha value is -2.06. The number of nitrogens with zero attached hydrogens (tertiary/aromatic N) is 1. The van der Waals surface area contributed by atoms with E-state index in [1.165, 1.54) is 22.0 Å². The fraction of sp³-hybridized carbons (Fsp3) is 0.222. The lowest BCUT2D eigenvalue weighted by Crippen LogP contribution is -2.00. The van der Waals surface area contributed by atoms with Crippen LogP contribution in [0.4, 0.5) is 0 Å². The van der Waals surface area contributed by atoms with Crippen LogP contribution in [0.5, 0.6) is 0 Å². The zero-order valence-electron chi connectivity index (χ0n) is 11.6. The average Bonchev–Trinajstić information content (AvgIpc) is 2.91. The predicted molar refractivity (Wildman–Crippen MR) is 84.6 cm³/mol. The van der Waals surface area contributed by atoms with Crippen molar-refractivity contribution in [2.75, 3.05) is 0 Å². The minimum absolute atomic E-state index is 0.602. The average molecular weight is 264 g/mol. The van der Waals surface area contributed by atoms with Gasteiger partial charge in [0, 0.05) is 24.8 Å². The van der Waals surface area contributed by atoms with E-state index in [0.717, 1.165) is 19.4 Å². The molecule has 0 aliphatic heterocycles. The molecule has 0 atom stereocenters. The molecule has 0 saturated heterocycles. The van der Waals surface area contributed by atoms with Crippen molar-refractivity contribution in [3.8, 4) is 0 Å². The normalized spacial score (nSPS) is 11.1. The Kier molecular flexibility index (Phi) is 3.84. The minimum atomic E-state index is 0.602. The van der Waals surface area contributed by atoms with E-state index in [4.69, 9.17) is 5.73 Å². The molecule has 0 radical (unpaired) electrons. The first-order valence-corrected chi connectivity index (χ1v) is 7.18. The van der Waals surface area contributed by atoms with Crippen molar-refractivity contribution < 1.29 is 0 Å². The number of hydrogen-bond donors (Lipinski definition) is 1. The summed E-state index contributed by atoms with van der Waals surface area (Å²) in [7, 11) is 0. The van der Waals surface area contributed by atoms with Gasteiger partial charge in [0.25, 0.3) is 0 Å². The smallest absolute Gasteiger partial charge is 0.0483 e. The van der Waals surface area contributed by atoms with Crippen LogP contribution < -0.4 is 5.73 Å². The van der Waals surface area contributed by atoms with Crippen LogP contribution >= 0.6 is 0 Å². The Morgan fingerprint density at radius 1 is 0.900 bits per heavy atom. The van der Waals surface area contributed by atoms with E-state index in [-0.39, 0.29) is 0 Å². The highest BCUT2D eigenvalue weighted by Gasteiger charge is 2.02. The number of aromatic nitrogens is 1. The fourth-order valence-corrected chi connectivity index (χ4v) is 2.65. The summed E-state index contributed by atoms with van der Waals surface area (Å²) in [6.45, 7) is 1.65. The number of benzene rings is 2. The van der Waals surface area contributed by atoms with Gasteiger partial charge >= 0.3 is 0 Å². The highest BCUT2D eigenvalue weighted by molar-refractivity contribution is 5.80. The Morgan fingerprint density at radius 2 is 1.75 bits per heavy atom. The Morgan fingerprint density at radius 3 is 2.55 bits per heavy atom. The first-order valence-electron chi connectivity index (χ1n) is 7.18. The predicted octanol–water partition coefficient (Wildman–Crippen LogP) is 3.73. The van der Waals surface area contributed by atoms with E-state index < -0.39 is 0 Å². The molecule has 0 saturated carbocycles. The molecule has 2 N–H and O–H groups in total. The zero-order valence-corrected chi connectivity index (χ0v) is 11.6. The van der Waals surface area contributed by atoms with Crippen molar-refractivity contribution in [2.24, 2.45) is 5.73 Å². The zero-order chi connectivity index (χ0) is 13.8. The molecule has 1 aromatic heterocycles. The topological polar surface area (TPSA) is 30.9 Å². The van der Waals surface area contributed by atoms with E-state index in [2.05, 4.69) is 65.4 Å². The summed E-state index contributed by atoms with van der Waals surface area (Å²) < 4.78 is 2.33. The molecule has 102 valence electrons. The lowest BCUT2D eigenvalue weighted by Gasteiger charge is -2.07. The van der Waals surface area contributed by atoms with Gasteiger partial charge in [-0.15, -0.1) is 0 Å². The summed E-state index contributed by atoms with van der Waals surface area (Å²) in [5, 5.41) is 1.29. The van der Waals surface area contributed by atoms with Crippen molar-refractivity contribution in [2.45, 2.75) is 25.9 Å². The first-order chi connectivity index (χ1) is 9.86. The van der Waals surface area contributed by atoms with E-state index in [9.17, 15) is 0 Å². The molecule has 1 heterocycles. The molecular formula is C18H20N2. The Balaban J connectivity index is 1.71. The Bertz CT molecular complexity index is 683. The van der Waals surface area contributed by atoms with Crippen LogP contribution in [-0.4, -0.2) is 4.57 Å². The first kappa shape index (κ1) is 12.9. The lowest BCUT2D eigenvalue weighted by atomic mass is 10.1. The number of hydrogen-bond acceptors (Lipinski definition) is 1. The van der Waals surface area contributed by atoms with Crippen LogP contribution in [0.15, 0.2) is 60.8 Å². The number of nitrogens with two attached hydrogens (primary N) is 1. The maximum atomic E-state index is 5.73. The summed E-state index contributed by atoms with van der Waals surface area (Å²) in [5.41, 5.74) is 9.62. The van der Waals surface area contributed by atoms with Gasteiger partial charge in [-0.25, -0.2) is 0 Å². The number of rotatable bonds is 5. The van der Waals surface area contributed by atoms with Crippen LogP contribution in [0, 0.1) is 0 Å². The molecule has 2 heteroatoms. The fourth-order valence-electron chi connectivity index (χ4n) is 2.65. The summed E-state index contributed by atoms with van der Waals surface area (Å²) in [4.78, 5) is 0. The van der Waals surface area contributed by atoms with Gasteiger partial charge in [-0.2, -0.15) is 0 Å². The molecule has 0 spiro atoms. The van der Waals surface area contributed by atoms with Gasteiger partial charge in [-0.05, 0) is 41.5 Å². The van der Waals surface area contributed by atoms with Crippen molar-refractivity contribution >= 4 is 10.9 Å². The number of fused-ring (bicyclic) bond motifs is 1. The molecule has 0 bridgehead atoms. The van der Waals surface area contributed by atoms with Crippen LogP contribution in [-0.2, 0) is 19.5 Å². The highest BCUT2D eigenvalue weighted by atomic mass is 14.9. The van der Waals surface area contributed by atoms with Crippen LogP contribution in [0.3, 0.4) is 0 Å². The van der Waals surface area contributed by atoms with Crippen LogP contribution in [0.25, 0.3) is 10.9 Å². The molecule has 3 rings (SSSR count). The lowest BCUT2D eigenvalue weighted by molar-refractivity contribution is 0.662. The third kappa shape index (κ3) is 2.75. The highest BCUT2D eigenvalue weighted by Crippen LogP contribution is 2.18. The van der Waals surface area contributed by atoms with Gasteiger partial charge in [0.05, 0.1) is 0 Å². The van der Waals surface area contributed by atoms with Crippen molar-refractivity contribution in [1.82, 2.24) is 4.57 Å². The van der Waals surface area contributed by atoms with E-state index in [1.807, 2.05) is 0 Å². The second kappa shape index (κ2) is 5.93. The van der Waals surface area contributed by atoms with E-state index in [1.54, 1.807) is 0 Å². The van der Waals surface area contributed by atoms with Gasteiger partial charge in [0.2, 0.25) is 0 Å². The molecule has 20 heavy (non-hydrogen) atoms. The summed E-state index contributed by atoms with van der Waals surface area (Å²) in [5.74, 6) is 0. The molecule has 0 aliphatic carbocycles. The third-order valence-electron chi connectivity index (χ3n) is 3.78. The van der Waals surface area contributed by atoms with Gasteiger partial charge < -0.3 is 10.3 Å². The van der Waals surface area contributed by atoms with Gasteiger partial charge in [0.1, 0.15) is 0 Å². The summed E-state index contributed by atoms with van der Waals surface area (Å²) in [6.07, 6.45) is 4.45. The van der Waals surface area contributed by atoms with Crippen molar-refractivity contribution in [3.63, 3.8) is 0 Å². The minimum Gasteiger partial charge on any atom is -0.347 e. The largest absolute Gasteiger partial charge is 0.347 e. The maximum Gasteiger partial charge on any atom is 0.0483 e. The molecule has 0 fully saturated rings. The summed E-state index contributed by atoms with van der Waals surface area (Å²) >= 11 is 0. The van der Waals surface area contributed by atoms with E-state index in [0.29, 0.717) is 6.54 Å².